The molecule has 2 heteroatoms. The molecule has 1 aromatic rings. The fourth-order valence-electron chi connectivity index (χ4n) is 2.32. The molecule has 0 heterocycles. The van der Waals surface area contributed by atoms with Crippen LogP contribution in [0, 0.1) is 0 Å². The lowest BCUT2D eigenvalue weighted by Crippen LogP contribution is -2.16. The van der Waals surface area contributed by atoms with Gasteiger partial charge in [0.25, 0.3) is 0 Å². The minimum absolute atomic E-state index is 0.106. The zero-order valence-corrected chi connectivity index (χ0v) is 9.74. The van der Waals surface area contributed by atoms with Crippen LogP contribution in [0.4, 0.5) is 0 Å². The number of carbonyl (C=O) groups is 1. The summed E-state index contributed by atoms with van der Waals surface area (Å²) >= 11 is 0. The van der Waals surface area contributed by atoms with E-state index in [-0.39, 0.29) is 5.92 Å². The van der Waals surface area contributed by atoms with Crippen molar-refractivity contribution in [3.8, 4) is 5.75 Å². The molecule has 86 valence electrons. The van der Waals surface area contributed by atoms with E-state index in [0.717, 1.165) is 37.0 Å². The van der Waals surface area contributed by atoms with Gasteiger partial charge in [0.1, 0.15) is 11.5 Å². The Morgan fingerprint density at radius 2 is 2.25 bits per heavy atom. The highest BCUT2D eigenvalue weighted by Gasteiger charge is 2.23. The number of hydrogen-bond donors (Lipinski definition) is 0. The van der Waals surface area contributed by atoms with E-state index in [1.54, 1.807) is 0 Å². The van der Waals surface area contributed by atoms with Gasteiger partial charge in [0.2, 0.25) is 0 Å². The van der Waals surface area contributed by atoms with Crippen molar-refractivity contribution in [3.63, 3.8) is 0 Å². The molecule has 1 atom stereocenters. The van der Waals surface area contributed by atoms with Crippen LogP contribution in [0.3, 0.4) is 0 Å². The summed E-state index contributed by atoms with van der Waals surface area (Å²) in [5.74, 6) is 1.37. The molecule has 1 aromatic carbocycles. The van der Waals surface area contributed by atoms with Gasteiger partial charge in [0.15, 0.2) is 0 Å². The van der Waals surface area contributed by atoms with Crippen LogP contribution in [0.15, 0.2) is 24.3 Å². The van der Waals surface area contributed by atoms with E-state index in [9.17, 15) is 4.79 Å². The van der Waals surface area contributed by atoms with E-state index in [2.05, 4.69) is 0 Å². The second kappa shape index (κ2) is 5.15. The zero-order valence-electron chi connectivity index (χ0n) is 9.74. The van der Waals surface area contributed by atoms with E-state index in [0.29, 0.717) is 12.4 Å². The van der Waals surface area contributed by atoms with Gasteiger partial charge in [0.05, 0.1) is 6.61 Å². The van der Waals surface area contributed by atoms with E-state index in [4.69, 9.17) is 4.74 Å². The van der Waals surface area contributed by atoms with Crippen LogP contribution in [0.2, 0.25) is 0 Å². The van der Waals surface area contributed by atoms with Crippen LogP contribution in [-0.2, 0) is 4.79 Å². The molecule has 16 heavy (non-hydrogen) atoms. The Kier molecular flexibility index (Phi) is 3.60. The van der Waals surface area contributed by atoms with Crippen molar-refractivity contribution >= 4 is 5.78 Å². The van der Waals surface area contributed by atoms with Gasteiger partial charge in [-0.05, 0) is 37.5 Å². The van der Waals surface area contributed by atoms with E-state index in [1.165, 1.54) is 0 Å². The fraction of sp³-hybridized carbons (Fsp3) is 0.500. The quantitative estimate of drug-likeness (QED) is 0.778. The van der Waals surface area contributed by atoms with Gasteiger partial charge in [-0.1, -0.05) is 18.6 Å². The molecule has 1 aliphatic carbocycles. The Morgan fingerprint density at radius 3 is 3.00 bits per heavy atom. The summed E-state index contributed by atoms with van der Waals surface area (Å²) in [5.41, 5.74) is 1.12. The van der Waals surface area contributed by atoms with Gasteiger partial charge < -0.3 is 4.74 Å². The zero-order chi connectivity index (χ0) is 11.4. The SMILES string of the molecule is CCOc1cccc(C2CCCCC2=O)c1. The van der Waals surface area contributed by atoms with Gasteiger partial charge >= 0.3 is 0 Å². The Labute approximate surface area is 96.6 Å². The van der Waals surface area contributed by atoms with Gasteiger partial charge in [-0.25, -0.2) is 0 Å². The van der Waals surface area contributed by atoms with Crippen LogP contribution >= 0.6 is 0 Å². The van der Waals surface area contributed by atoms with Crippen molar-refractivity contribution in [2.75, 3.05) is 6.61 Å². The minimum atomic E-state index is 0.106. The van der Waals surface area contributed by atoms with Crippen molar-refractivity contribution in [2.24, 2.45) is 0 Å². The molecular formula is C14H18O2. The maximum absolute atomic E-state index is 11.8. The first-order valence-corrected chi connectivity index (χ1v) is 6.06. The lowest BCUT2D eigenvalue weighted by molar-refractivity contribution is -0.121. The molecule has 2 nitrogen and oxygen atoms in total. The number of benzene rings is 1. The summed E-state index contributed by atoms with van der Waals surface area (Å²) < 4.78 is 5.46. The van der Waals surface area contributed by atoms with Gasteiger partial charge in [-0.3, -0.25) is 4.79 Å². The van der Waals surface area contributed by atoms with Crippen LogP contribution in [0.25, 0.3) is 0 Å². The Hall–Kier alpha value is -1.31. The number of hydrogen-bond acceptors (Lipinski definition) is 2. The van der Waals surface area contributed by atoms with Crippen LogP contribution < -0.4 is 4.74 Å². The predicted octanol–water partition coefficient (Wildman–Crippen LogP) is 3.31. The average molecular weight is 218 g/mol. The van der Waals surface area contributed by atoms with E-state index < -0.39 is 0 Å². The highest BCUT2D eigenvalue weighted by molar-refractivity contribution is 5.86. The third kappa shape index (κ3) is 2.43. The third-order valence-electron chi connectivity index (χ3n) is 3.13. The molecule has 0 N–H and O–H groups in total. The normalized spacial score (nSPS) is 20.8. The molecule has 1 aliphatic rings. The minimum Gasteiger partial charge on any atom is -0.494 e. The Morgan fingerprint density at radius 1 is 1.38 bits per heavy atom. The number of ketones is 1. The number of ether oxygens (including phenoxy) is 1. The largest absolute Gasteiger partial charge is 0.494 e. The maximum Gasteiger partial charge on any atom is 0.140 e. The highest BCUT2D eigenvalue weighted by Crippen LogP contribution is 2.31. The average Bonchev–Trinajstić information content (AvgIpc) is 2.30. The lowest BCUT2D eigenvalue weighted by atomic mass is 9.83. The smallest absolute Gasteiger partial charge is 0.140 e. The monoisotopic (exact) mass is 218 g/mol. The van der Waals surface area contributed by atoms with Crippen LogP contribution in [0.1, 0.15) is 44.1 Å². The highest BCUT2D eigenvalue weighted by atomic mass is 16.5. The van der Waals surface area contributed by atoms with Crippen molar-refractivity contribution < 1.29 is 9.53 Å². The van der Waals surface area contributed by atoms with Gasteiger partial charge in [-0.2, -0.15) is 0 Å². The topological polar surface area (TPSA) is 26.3 Å². The van der Waals surface area contributed by atoms with E-state index >= 15 is 0 Å². The molecule has 0 amide bonds. The van der Waals surface area contributed by atoms with Crippen molar-refractivity contribution in [3.05, 3.63) is 29.8 Å². The lowest BCUT2D eigenvalue weighted by Gasteiger charge is -2.21. The maximum atomic E-state index is 11.8. The van der Waals surface area contributed by atoms with Crippen molar-refractivity contribution in [1.82, 2.24) is 0 Å². The standard InChI is InChI=1S/C14H18O2/c1-2-16-12-7-5-6-11(10-12)13-8-3-4-9-14(13)15/h5-7,10,13H,2-4,8-9H2,1H3. The molecule has 1 saturated carbocycles. The molecule has 0 spiro atoms. The summed E-state index contributed by atoms with van der Waals surface area (Å²) in [6, 6.07) is 7.97. The van der Waals surface area contributed by atoms with Gasteiger partial charge in [0, 0.05) is 12.3 Å². The first-order valence-electron chi connectivity index (χ1n) is 6.06. The summed E-state index contributed by atoms with van der Waals surface area (Å²) in [7, 11) is 0. The molecule has 2 rings (SSSR count). The Bertz CT molecular complexity index is 371. The molecule has 0 bridgehead atoms. The molecule has 1 fully saturated rings. The summed E-state index contributed by atoms with van der Waals surface area (Å²) in [6.07, 6.45) is 3.95. The number of Topliss-reactive ketones (excluding diaryl/α,β-unsaturated/α-hetero) is 1. The van der Waals surface area contributed by atoms with Crippen LogP contribution in [0.5, 0.6) is 5.75 Å². The number of rotatable bonds is 3. The molecule has 1 unspecified atom stereocenters. The molecule has 0 saturated heterocycles. The predicted molar refractivity (Wildman–Crippen MR) is 63.8 cm³/mol. The summed E-state index contributed by atoms with van der Waals surface area (Å²) in [6.45, 7) is 2.64. The molecule has 0 aliphatic heterocycles. The van der Waals surface area contributed by atoms with E-state index in [1.807, 2.05) is 31.2 Å². The van der Waals surface area contributed by atoms with Gasteiger partial charge in [-0.15, -0.1) is 0 Å². The van der Waals surface area contributed by atoms with Crippen LogP contribution in [-0.4, -0.2) is 12.4 Å². The van der Waals surface area contributed by atoms with Crippen molar-refractivity contribution in [2.45, 2.75) is 38.5 Å². The van der Waals surface area contributed by atoms with Crippen molar-refractivity contribution in [1.29, 1.82) is 0 Å². The third-order valence-corrected chi connectivity index (χ3v) is 3.13. The summed E-state index contributed by atoms with van der Waals surface area (Å²) in [5, 5.41) is 0. The Balaban J connectivity index is 2.18. The number of carbonyl (C=O) groups excluding carboxylic acids is 1. The first-order chi connectivity index (χ1) is 7.81. The summed E-state index contributed by atoms with van der Waals surface area (Å²) in [4.78, 5) is 11.8. The molecular weight excluding hydrogens is 200 g/mol. The second-order valence-electron chi connectivity index (χ2n) is 4.27. The molecule has 0 radical (unpaired) electrons. The molecule has 0 aromatic heterocycles. The second-order valence-corrected chi connectivity index (χ2v) is 4.27. The fourth-order valence-corrected chi connectivity index (χ4v) is 2.32. The first kappa shape index (κ1) is 11.2.